The van der Waals surface area contributed by atoms with E-state index in [0.717, 1.165) is 12.1 Å². The Labute approximate surface area is 171 Å². The molecule has 0 radical (unpaired) electrons. The summed E-state index contributed by atoms with van der Waals surface area (Å²) in [5.41, 5.74) is 1.08. The van der Waals surface area contributed by atoms with Crippen LogP contribution in [0.5, 0.6) is 0 Å². The number of hydrogen-bond acceptors (Lipinski definition) is 3. The van der Waals surface area contributed by atoms with Crippen molar-refractivity contribution in [3.63, 3.8) is 0 Å². The van der Waals surface area contributed by atoms with Gasteiger partial charge in [0.15, 0.2) is 0 Å². The minimum Gasteiger partial charge on any atom is -0.480 e. The van der Waals surface area contributed by atoms with Gasteiger partial charge in [0.05, 0.1) is 17.3 Å². The Morgan fingerprint density at radius 3 is 2.67 bits per heavy atom. The summed E-state index contributed by atoms with van der Waals surface area (Å²) >= 11 is 0. The molecule has 156 valence electrons. The number of carboxylic acids is 1. The Balaban J connectivity index is 2.03. The summed E-state index contributed by atoms with van der Waals surface area (Å²) in [7, 11) is 0. The first-order valence-corrected chi connectivity index (χ1v) is 9.35. The topological polar surface area (TPSA) is 66.6 Å². The van der Waals surface area contributed by atoms with Crippen LogP contribution in [0.2, 0.25) is 0 Å². The number of hydrogen-bond donors (Lipinski definition) is 2. The molecule has 2 N–H and O–H groups in total. The van der Waals surface area contributed by atoms with Crippen LogP contribution in [0.25, 0.3) is 5.65 Å². The average molecular weight is 415 g/mol. The van der Waals surface area contributed by atoms with E-state index in [1.165, 1.54) is 12.1 Å². The summed E-state index contributed by atoms with van der Waals surface area (Å²) in [6, 6.07) is 8.99. The average Bonchev–Trinajstić information content (AvgIpc) is 3.08. The molecule has 2 unspecified atom stereocenters. The van der Waals surface area contributed by atoms with Crippen molar-refractivity contribution < 1.29 is 23.1 Å². The second-order valence-electron chi connectivity index (χ2n) is 6.79. The summed E-state index contributed by atoms with van der Waals surface area (Å²) in [6.07, 6.45) is -2.31. The molecule has 0 saturated heterocycles. The third kappa shape index (κ3) is 4.63. The number of benzene rings is 1. The van der Waals surface area contributed by atoms with Crippen LogP contribution in [-0.2, 0) is 11.0 Å². The van der Waals surface area contributed by atoms with Crippen molar-refractivity contribution in [2.75, 3.05) is 0 Å². The van der Waals surface area contributed by atoms with Gasteiger partial charge in [-0.15, -0.1) is 0 Å². The molecule has 0 bridgehead atoms. The van der Waals surface area contributed by atoms with Crippen molar-refractivity contribution in [3.05, 3.63) is 71.2 Å². The van der Waals surface area contributed by atoms with Crippen LogP contribution in [0.1, 0.15) is 48.8 Å². The quantitative estimate of drug-likeness (QED) is 0.611. The van der Waals surface area contributed by atoms with Crippen LogP contribution in [0.4, 0.5) is 13.2 Å². The van der Waals surface area contributed by atoms with E-state index in [0.29, 0.717) is 23.5 Å². The molecule has 1 aromatic carbocycles. The first-order valence-electron chi connectivity index (χ1n) is 9.35. The molecule has 0 aliphatic heterocycles. The monoisotopic (exact) mass is 415 g/mol. The fourth-order valence-corrected chi connectivity index (χ4v) is 3.09. The van der Waals surface area contributed by atoms with E-state index in [1.807, 2.05) is 0 Å². The smallest absolute Gasteiger partial charge is 0.416 e. The summed E-state index contributed by atoms with van der Waals surface area (Å²) < 4.78 is 40.6. The molecule has 3 aromatic rings. The molecule has 30 heavy (non-hydrogen) atoms. The van der Waals surface area contributed by atoms with Crippen LogP contribution in [-0.4, -0.2) is 26.5 Å². The number of imidazole rings is 1. The number of rotatable bonds is 5. The normalized spacial score (nSPS) is 13.5. The van der Waals surface area contributed by atoms with Crippen LogP contribution >= 0.6 is 0 Å². The first-order chi connectivity index (χ1) is 14.2. The van der Waals surface area contributed by atoms with Gasteiger partial charge < -0.3 is 5.11 Å². The third-order valence-electron chi connectivity index (χ3n) is 4.64. The molecule has 0 aliphatic rings. The molecular weight excluding hydrogens is 395 g/mol. The Hall–Kier alpha value is -3.31. The van der Waals surface area contributed by atoms with E-state index in [9.17, 15) is 23.1 Å². The molecule has 2 aromatic heterocycles. The summed E-state index contributed by atoms with van der Waals surface area (Å²) in [5, 5.41) is 12.3. The van der Waals surface area contributed by atoms with E-state index in [-0.39, 0.29) is 5.56 Å². The number of nitrogens with one attached hydrogen (secondary N) is 1. The van der Waals surface area contributed by atoms with Crippen LogP contribution in [0, 0.1) is 11.8 Å². The number of aromatic nitrogens is 2. The Morgan fingerprint density at radius 2 is 2.00 bits per heavy atom. The molecule has 0 fully saturated rings. The molecule has 5 nitrogen and oxygen atoms in total. The number of alkyl halides is 3. The zero-order valence-corrected chi connectivity index (χ0v) is 16.4. The molecule has 2 heterocycles. The largest absolute Gasteiger partial charge is 0.480 e. The fraction of sp³-hybridized carbons (Fsp3) is 0.273. The van der Waals surface area contributed by atoms with Gasteiger partial charge in [-0.25, -0.2) is 4.98 Å². The Bertz CT molecular complexity index is 1130. The SMILES string of the molecule is CCC(NC(C)c1nc2ccccn2c1C#Cc1cccc(C(F)(F)F)c1)C(=O)O. The molecule has 8 heteroatoms. The lowest BCUT2D eigenvalue weighted by Crippen LogP contribution is -2.38. The summed E-state index contributed by atoms with van der Waals surface area (Å²) in [6.45, 7) is 3.54. The Morgan fingerprint density at radius 1 is 1.23 bits per heavy atom. The molecule has 3 rings (SSSR count). The van der Waals surface area contributed by atoms with Gasteiger partial charge >= 0.3 is 12.1 Å². The number of carboxylic acid groups (broad SMARTS) is 1. The summed E-state index contributed by atoms with van der Waals surface area (Å²) in [4.78, 5) is 15.9. The van der Waals surface area contributed by atoms with Gasteiger partial charge in [0.1, 0.15) is 17.4 Å². The van der Waals surface area contributed by atoms with E-state index < -0.39 is 29.8 Å². The molecule has 0 saturated carbocycles. The minimum atomic E-state index is -4.45. The molecule has 0 amide bonds. The maximum absolute atomic E-state index is 13.0. The summed E-state index contributed by atoms with van der Waals surface area (Å²) in [5.74, 6) is 4.74. The number of aliphatic carboxylic acids is 1. The van der Waals surface area contributed by atoms with Crippen molar-refractivity contribution in [3.8, 4) is 11.8 Å². The number of fused-ring (bicyclic) bond motifs is 1. The van der Waals surface area contributed by atoms with Gasteiger partial charge in [0.2, 0.25) is 0 Å². The van der Waals surface area contributed by atoms with Gasteiger partial charge in [0, 0.05) is 11.8 Å². The van der Waals surface area contributed by atoms with Crippen molar-refractivity contribution >= 4 is 11.6 Å². The number of nitrogens with zero attached hydrogens (tertiary/aromatic N) is 2. The number of halogens is 3. The highest BCUT2D eigenvalue weighted by atomic mass is 19.4. The zero-order chi connectivity index (χ0) is 21.9. The molecule has 2 atom stereocenters. The van der Waals surface area contributed by atoms with Crippen molar-refractivity contribution in [1.82, 2.24) is 14.7 Å². The molecular formula is C22H20F3N3O2. The maximum Gasteiger partial charge on any atom is 0.416 e. The molecule has 0 spiro atoms. The predicted molar refractivity (Wildman–Crippen MR) is 106 cm³/mol. The number of pyridine rings is 1. The van der Waals surface area contributed by atoms with Crippen LogP contribution in [0.15, 0.2) is 48.7 Å². The van der Waals surface area contributed by atoms with E-state index >= 15 is 0 Å². The molecule has 0 aliphatic carbocycles. The Kier molecular flexibility index (Phi) is 6.13. The lowest BCUT2D eigenvalue weighted by molar-refractivity contribution is -0.140. The van der Waals surface area contributed by atoms with Gasteiger partial charge in [-0.05, 0) is 49.6 Å². The minimum absolute atomic E-state index is 0.222. The van der Waals surface area contributed by atoms with Crippen LogP contribution < -0.4 is 5.32 Å². The highest BCUT2D eigenvalue weighted by Crippen LogP contribution is 2.29. The third-order valence-corrected chi connectivity index (χ3v) is 4.64. The van der Waals surface area contributed by atoms with Gasteiger partial charge in [-0.2, -0.15) is 13.2 Å². The highest BCUT2D eigenvalue weighted by molar-refractivity contribution is 5.73. The van der Waals surface area contributed by atoms with Crippen LogP contribution in [0.3, 0.4) is 0 Å². The van der Waals surface area contributed by atoms with Crippen molar-refractivity contribution in [1.29, 1.82) is 0 Å². The van der Waals surface area contributed by atoms with Crippen molar-refractivity contribution in [2.24, 2.45) is 0 Å². The van der Waals surface area contributed by atoms with E-state index in [2.05, 4.69) is 22.1 Å². The maximum atomic E-state index is 13.0. The van der Waals surface area contributed by atoms with E-state index in [4.69, 9.17) is 0 Å². The first kappa shape index (κ1) is 21.4. The van der Waals surface area contributed by atoms with Crippen molar-refractivity contribution in [2.45, 2.75) is 38.5 Å². The fourth-order valence-electron chi connectivity index (χ4n) is 3.09. The lowest BCUT2D eigenvalue weighted by atomic mass is 10.1. The standard InChI is InChI=1S/C22H20F3N3O2/c1-3-17(21(29)30)26-14(2)20-18(28-12-5-4-9-19(28)27-20)11-10-15-7-6-8-16(13-15)22(23,24)25/h4-9,12-14,17,26H,3H2,1-2H3,(H,29,30). The second-order valence-corrected chi connectivity index (χ2v) is 6.79. The highest BCUT2D eigenvalue weighted by Gasteiger charge is 2.30. The van der Waals surface area contributed by atoms with Gasteiger partial charge in [-0.3, -0.25) is 14.5 Å². The lowest BCUT2D eigenvalue weighted by Gasteiger charge is -2.17. The zero-order valence-electron chi connectivity index (χ0n) is 16.4. The predicted octanol–water partition coefficient (Wildman–Crippen LogP) is 4.27. The second kappa shape index (κ2) is 8.59. The van der Waals surface area contributed by atoms with E-state index in [1.54, 1.807) is 42.6 Å². The van der Waals surface area contributed by atoms with Gasteiger partial charge in [0.25, 0.3) is 0 Å². The van der Waals surface area contributed by atoms with Gasteiger partial charge in [-0.1, -0.05) is 25.0 Å². The number of carbonyl (C=O) groups is 1.